The highest BCUT2D eigenvalue weighted by Crippen LogP contribution is 2.27. The molecular weight excluding hydrogens is 414 g/mol. The van der Waals surface area contributed by atoms with Crippen molar-refractivity contribution in [3.8, 4) is 0 Å². The number of carbonyl (C=O) groups excluding carboxylic acids is 1. The molecule has 0 bridgehead atoms. The van der Waals surface area contributed by atoms with Crippen LogP contribution >= 0.6 is 0 Å². The summed E-state index contributed by atoms with van der Waals surface area (Å²) in [5, 5.41) is 12.3. The number of aromatic nitrogens is 4. The monoisotopic (exact) mass is 431 g/mol. The standard InChI is InChI=1S/C21H17F4N5O/c1-12-7-13(2)18-15(8-12)9-16(19-26-27-28-30(18)19)11-29(20(31)21(23,24)25)10-14-3-5-17(22)6-4-14/h3-9H,10-11H2,1-2H3. The van der Waals surface area contributed by atoms with E-state index in [4.69, 9.17) is 0 Å². The van der Waals surface area contributed by atoms with Crippen LogP contribution in [0.3, 0.4) is 0 Å². The number of amides is 1. The van der Waals surface area contributed by atoms with E-state index in [1.54, 1.807) is 6.07 Å². The summed E-state index contributed by atoms with van der Waals surface area (Å²) >= 11 is 0. The smallest absolute Gasteiger partial charge is 0.326 e. The highest BCUT2D eigenvalue weighted by atomic mass is 19.4. The minimum atomic E-state index is -5.06. The molecule has 0 saturated carbocycles. The van der Waals surface area contributed by atoms with Gasteiger partial charge in [0.15, 0.2) is 5.65 Å². The van der Waals surface area contributed by atoms with E-state index < -0.39 is 17.9 Å². The number of fused-ring (bicyclic) bond motifs is 3. The van der Waals surface area contributed by atoms with Crippen molar-refractivity contribution in [3.63, 3.8) is 0 Å². The van der Waals surface area contributed by atoms with Crippen LogP contribution in [0.25, 0.3) is 16.6 Å². The maximum Gasteiger partial charge on any atom is 0.471 e. The van der Waals surface area contributed by atoms with Gasteiger partial charge in [-0.3, -0.25) is 4.79 Å². The minimum absolute atomic E-state index is 0.263. The molecule has 4 rings (SSSR count). The number of hydrogen-bond acceptors (Lipinski definition) is 4. The average molecular weight is 431 g/mol. The number of tetrazole rings is 1. The van der Waals surface area contributed by atoms with Crippen molar-refractivity contribution in [1.82, 2.24) is 24.9 Å². The number of rotatable bonds is 4. The topological polar surface area (TPSA) is 63.4 Å². The summed E-state index contributed by atoms with van der Waals surface area (Å²) < 4.78 is 54.5. The molecule has 1 amide bonds. The van der Waals surface area contributed by atoms with Crippen LogP contribution in [0.2, 0.25) is 0 Å². The van der Waals surface area contributed by atoms with Crippen LogP contribution in [0.4, 0.5) is 17.6 Å². The fourth-order valence-corrected chi connectivity index (χ4v) is 3.69. The third-order valence-corrected chi connectivity index (χ3v) is 4.95. The van der Waals surface area contributed by atoms with Crippen LogP contribution < -0.4 is 0 Å². The zero-order valence-electron chi connectivity index (χ0n) is 16.6. The van der Waals surface area contributed by atoms with E-state index >= 15 is 0 Å². The molecule has 2 aromatic carbocycles. The molecule has 0 saturated heterocycles. The summed E-state index contributed by atoms with van der Waals surface area (Å²) in [5.41, 5.74) is 3.61. The second-order valence-corrected chi connectivity index (χ2v) is 7.39. The van der Waals surface area contributed by atoms with Gasteiger partial charge >= 0.3 is 12.1 Å². The Hall–Kier alpha value is -3.56. The first-order valence-electron chi connectivity index (χ1n) is 9.35. The lowest BCUT2D eigenvalue weighted by Gasteiger charge is -2.24. The van der Waals surface area contributed by atoms with Crippen LogP contribution in [0, 0.1) is 19.7 Å². The number of pyridine rings is 1. The van der Waals surface area contributed by atoms with Gasteiger partial charge in [0.2, 0.25) is 0 Å². The van der Waals surface area contributed by atoms with E-state index in [1.165, 1.54) is 16.6 Å². The molecule has 31 heavy (non-hydrogen) atoms. The Labute approximate surface area is 174 Å². The Morgan fingerprint density at radius 2 is 1.77 bits per heavy atom. The number of carbonyl (C=O) groups is 1. The molecule has 6 nitrogen and oxygen atoms in total. The predicted molar refractivity (Wildman–Crippen MR) is 104 cm³/mol. The molecule has 0 unspecified atom stereocenters. The van der Waals surface area contributed by atoms with Crippen LogP contribution in [-0.4, -0.2) is 37.0 Å². The van der Waals surface area contributed by atoms with Crippen LogP contribution in [0.1, 0.15) is 22.3 Å². The van der Waals surface area contributed by atoms with Crippen molar-refractivity contribution in [3.05, 3.63) is 70.5 Å². The van der Waals surface area contributed by atoms with Crippen molar-refractivity contribution >= 4 is 22.5 Å². The van der Waals surface area contributed by atoms with E-state index in [1.807, 2.05) is 26.0 Å². The molecule has 160 valence electrons. The number of benzene rings is 2. The van der Waals surface area contributed by atoms with Gasteiger partial charge in [0.05, 0.1) is 12.1 Å². The SMILES string of the molecule is Cc1cc(C)c2c(c1)cc(CN(Cc1ccc(F)cc1)C(=O)C(F)(F)F)c1nnnn12. The van der Waals surface area contributed by atoms with Gasteiger partial charge in [0.25, 0.3) is 0 Å². The van der Waals surface area contributed by atoms with Gasteiger partial charge < -0.3 is 4.90 Å². The van der Waals surface area contributed by atoms with E-state index in [-0.39, 0.29) is 18.7 Å². The maximum atomic E-state index is 13.3. The number of hydrogen-bond donors (Lipinski definition) is 0. The third-order valence-electron chi connectivity index (χ3n) is 4.95. The Morgan fingerprint density at radius 3 is 2.45 bits per heavy atom. The van der Waals surface area contributed by atoms with Gasteiger partial charge in [-0.05, 0) is 59.7 Å². The zero-order chi connectivity index (χ0) is 22.3. The predicted octanol–water partition coefficient (Wildman–Crippen LogP) is 4.12. The number of nitrogens with zero attached hydrogens (tertiary/aromatic N) is 5. The fraction of sp³-hybridized carbons (Fsp3) is 0.238. The third kappa shape index (κ3) is 4.05. The summed E-state index contributed by atoms with van der Waals surface area (Å²) in [7, 11) is 0. The first kappa shape index (κ1) is 20.7. The van der Waals surface area contributed by atoms with Crippen molar-refractivity contribution in [2.75, 3.05) is 0 Å². The zero-order valence-corrected chi connectivity index (χ0v) is 16.6. The number of aryl methyl sites for hydroxylation is 2. The molecule has 10 heteroatoms. The molecule has 0 radical (unpaired) electrons. The summed E-state index contributed by atoms with van der Waals surface area (Å²) in [4.78, 5) is 12.8. The van der Waals surface area contributed by atoms with Crippen LogP contribution in [-0.2, 0) is 17.9 Å². The summed E-state index contributed by atoms with van der Waals surface area (Å²) in [6, 6.07) is 10.5. The molecular formula is C21H17F4N5O. The van der Waals surface area contributed by atoms with Gasteiger partial charge in [0, 0.05) is 17.5 Å². The second-order valence-electron chi connectivity index (χ2n) is 7.39. The van der Waals surface area contributed by atoms with Crippen LogP contribution in [0.15, 0.2) is 42.5 Å². The van der Waals surface area contributed by atoms with Crippen molar-refractivity contribution < 1.29 is 22.4 Å². The minimum Gasteiger partial charge on any atom is -0.326 e. The molecule has 0 fully saturated rings. The first-order chi connectivity index (χ1) is 14.6. The van der Waals surface area contributed by atoms with Gasteiger partial charge in [0.1, 0.15) is 5.82 Å². The average Bonchev–Trinajstić information content (AvgIpc) is 3.17. The molecule has 2 aromatic heterocycles. The Morgan fingerprint density at radius 1 is 1.06 bits per heavy atom. The molecule has 0 aliphatic rings. The van der Waals surface area contributed by atoms with Crippen molar-refractivity contribution in [2.45, 2.75) is 33.1 Å². The van der Waals surface area contributed by atoms with Crippen LogP contribution in [0.5, 0.6) is 0 Å². The molecule has 0 spiro atoms. The normalized spacial score (nSPS) is 11.9. The lowest BCUT2D eigenvalue weighted by atomic mass is 10.0. The summed E-state index contributed by atoms with van der Waals surface area (Å²) in [6.07, 6.45) is -5.06. The molecule has 0 aliphatic heterocycles. The van der Waals surface area contributed by atoms with Gasteiger partial charge in [-0.2, -0.15) is 17.7 Å². The van der Waals surface area contributed by atoms with E-state index in [2.05, 4.69) is 15.5 Å². The highest BCUT2D eigenvalue weighted by molar-refractivity contribution is 5.87. The summed E-state index contributed by atoms with van der Waals surface area (Å²) in [6.45, 7) is 3.08. The van der Waals surface area contributed by atoms with E-state index in [0.29, 0.717) is 16.0 Å². The van der Waals surface area contributed by atoms with E-state index in [9.17, 15) is 22.4 Å². The Bertz CT molecular complexity index is 1280. The Balaban J connectivity index is 1.80. The molecule has 0 atom stereocenters. The first-order valence-corrected chi connectivity index (χ1v) is 9.35. The summed E-state index contributed by atoms with van der Waals surface area (Å²) in [5.74, 6) is -2.52. The lowest BCUT2D eigenvalue weighted by molar-refractivity contribution is -0.186. The molecule has 0 N–H and O–H groups in total. The quantitative estimate of drug-likeness (QED) is 0.456. The van der Waals surface area contributed by atoms with Crippen molar-refractivity contribution in [1.29, 1.82) is 0 Å². The van der Waals surface area contributed by atoms with Gasteiger partial charge in [-0.15, -0.1) is 5.10 Å². The Kier molecular flexibility index (Phi) is 5.08. The largest absolute Gasteiger partial charge is 0.471 e. The molecule has 4 aromatic rings. The fourth-order valence-electron chi connectivity index (χ4n) is 3.69. The van der Waals surface area contributed by atoms with Gasteiger partial charge in [-0.25, -0.2) is 4.39 Å². The number of alkyl halides is 3. The maximum absolute atomic E-state index is 13.3. The second kappa shape index (κ2) is 7.60. The molecule has 2 heterocycles. The van der Waals surface area contributed by atoms with Crippen molar-refractivity contribution in [2.24, 2.45) is 0 Å². The van der Waals surface area contributed by atoms with Gasteiger partial charge in [-0.1, -0.05) is 23.8 Å². The molecule has 0 aliphatic carbocycles. The lowest BCUT2D eigenvalue weighted by Crippen LogP contribution is -2.40. The highest BCUT2D eigenvalue weighted by Gasteiger charge is 2.42. The number of halogens is 4. The van der Waals surface area contributed by atoms with E-state index in [0.717, 1.165) is 34.2 Å².